The fourth-order valence-electron chi connectivity index (χ4n) is 2.58. The molecular weight excluding hydrogens is 268 g/mol. The Hall–Kier alpha value is -2.82. The zero-order chi connectivity index (χ0) is 15.0. The summed E-state index contributed by atoms with van der Waals surface area (Å²) in [4.78, 5) is 26.2. The van der Waals surface area contributed by atoms with Crippen molar-refractivity contribution in [3.8, 4) is 5.69 Å². The summed E-state index contributed by atoms with van der Waals surface area (Å²) >= 11 is 0. The summed E-state index contributed by atoms with van der Waals surface area (Å²) < 4.78 is 1.53. The van der Waals surface area contributed by atoms with Gasteiger partial charge in [0.25, 0.3) is 0 Å². The molecule has 5 heteroatoms. The summed E-state index contributed by atoms with van der Waals surface area (Å²) in [6.45, 7) is 2.02. The second-order valence-corrected chi connectivity index (χ2v) is 4.75. The van der Waals surface area contributed by atoms with Gasteiger partial charge in [0.15, 0.2) is 0 Å². The molecule has 0 aliphatic carbocycles. The highest BCUT2D eigenvalue weighted by atomic mass is 16.4. The Kier molecular flexibility index (Phi) is 3.10. The Morgan fingerprint density at radius 1 is 1.19 bits per heavy atom. The monoisotopic (exact) mass is 282 g/mol. The highest BCUT2D eigenvalue weighted by molar-refractivity contribution is 6.01. The molecule has 0 saturated heterocycles. The van der Waals surface area contributed by atoms with Crippen molar-refractivity contribution in [2.24, 2.45) is 0 Å². The predicted molar refractivity (Wildman–Crippen MR) is 80.2 cm³/mol. The largest absolute Gasteiger partial charge is 0.478 e. The van der Waals surface area contributed by atoms with E-state index < -0.39 is 5.97 Å². The summed E-state index contributed by atoms with van der Waals surface area (Å²) in [6, 6.07) is 12.5. The number of carboxylic acid groups (broad SMARTS) is 1. The fourth-order valence-corrected chi connectivity index (χ4v) is 2.58. The first-order valence-electron chi connectivity index (χ1n) is 6.68. The molecule has 1 aromatic heterocycles. The summed E-state index contributed by atoms with van der Waals surface area (Å²) in [6.07, 6.45) is 0.786. The molecule has 0 radical (unpaired) electrons. The molecule has 2 N–H and O–H groups in total. The second-order valence-electron chi connectivity index (χ2n) is 4.75. The molecule has 0 fully saturated rings. The Labute approximate surface area is 120 Å². The molecule has 0 saturated carbocycles. The van der Waals surface area contributed by atoms with Crippen LogP contribution in [0.3, 0.4) is 0 Å². The summed E-state index contributed by atoms with van der Waals surface area (Å²) in [5, 5.41) is 9.22. The van der Waals surface area contributed by atoms with Gasteiger partial charge >= 0.3 is 11.7 Å². The normalized spacial score (nSPS) is 10.9. The van der Waals surface area contributed by atoms with Crippen LogP contribution in [0.2, 0.25) is 0 Å². The number of carbonyl (C=O) groups is 1. The number of carboxylic acids is 1. The van der Waals surface area contributed by atoms with Crippen molar-refractivity contribution in [2.45, 2.75) is 13.3 Å². The molecule has 3 rings (SSSR count). The van der Waals surface area contributed by atoms with Crippen LogP contribution in [0.25, 0.3) is 16.7 Å². The van der Waals surface area contributed by atoms with Gasteiger partial charge in [0.2, 0.25) is 0 Å². The van der Waals surface area contributed by atoms with E-state index in [1.54, 1.807) is 12.1 Å². The van der Waals surface area contributed by atoms with Crippen molar-refractivity contribution < 1.29 is 9.90 Å². The van der Waals surface area contributed by atoms with Crippen LogP contribution in [-0.4, -0.2) is 20.6 Å². The summed E-state index contributed by atoms with van der Waals surface area (Å²) in [5.74, 6) is -1.06. The molecule has 0 atom stereocenters. The van der Waals surface area contributed by atoms with Gasteiger partial charge in [-0.05, 0) is 30.2 Å². The van der Waals surface area contributed by atoms with Gasteiger partial charge in [0.05, 0.1) is 22.3 Å². The molecule has 5 nitrogen and oxygen atoms in total. The van der Waals surface area contributed by atoms with Gasteiger partial charge < -0.3 is 10.1 Å². The van der Waals surface area contributed by atoms with Crippen LogP contribution in [0.1, 0.15) is 22.8 Å². The Balaban J connectivity index is 2.39. The molecule has 21 heavy (non-hydrogen) atoms. The SMILES string of the molecule is CCc1ccccc1-n1c(=O)[nH]c2c(C(=O)O)cccc21. The predicted octanol–water partition coefficient (Wildman–Crippen LogP) is 2.58. The third-order valence-corrected chi connectivity index (χ3v) is 3.56. The number of nitrogens with one attached hydrogen (secondary N) is 1. The minimum atomic E-state index is -1.06. The molecule has 0 bridgehead atoms. The number of aromatic carboxylic acids is 1. The lowest BCUT2D eigenvalue weighted by atomic mass is 10.1. The number of rotatable bonds is 3. The third kappa shape index (κ3) is 2.03. The number of aromatic nitrogens is 2. The topological polar surface area (TPSA) is 75.1 Å². The molecule has 0 unspecified atom stereocenters. The first-order valence-corrected chi connectivity index (χ1v) is 6.68. The second kappa shape index (κ2) is 4.94. The number of aryl methyl sites for hydroxylation is 1. The van der Waals surface area contributed by atoms with E-state index in [0.29, 0.717) is 11.0 Å². The van der Waals surface area contributed by atoms with E-state index in [1.807, 2.05) is 31.2 Å². The van der Waals surface area contributed by atoms with E-state index in [0.717, 1.165) is 17.7 Å². The van der Waals surface area contributed by atoms with Gasteiger partial charge in [-0.25, -0.2) is 9.59 Å². The zero-order valence-electron chi connectivity index (χ0n) is 11.5. The molecule has 1 heterocycles. The maximum absolute atomic E-state index is 12.3. The van der Waals surface area contributed by atoms with E-state index in [4.69, 9.17) is 0 Å². The highest BCUT2D eigenvalue weighted by Gasteiger charge is 2.16. The lowest BCUT2D eigenvalue weighted by molar-refractivity contribution is 0.0699. The zero-order valence-corrected chi connectivity index (χ0v) is 11.5. The summed E-state index contributed by atoms with van der Waals surface area (Å²) in [5.41, 5.74) is 2.48. The van der Waals surface area contributed by atoms with E-state index in [-0.39, 0.29) is 11.3 Å². The number of nitrogens with zero attached hydrogens (tertiary/aromatic N) is 1. The standard InChI is InChI=1S/C16H14N2O3/c1-2-10-6-3-4-8-12(10)18-13-9-5-7-11(15(19)20)14(13)17-16(18)21/h3-9H,2H2,1H3,(H,17,21)(H,19,20). The molecule has 2 aromatic carbocycles. The van der Waals surface area contributed by atoms with Gasteiger partial charge in [0.1, 0.15) is 0 Å². The van der Waals surface area contributed by atoms with Crippen molar-refractivity contribution in [3.63, 3.8) is 0 Å². The summed E-state index contributed by atoms with van der Waals surface area (Å²) in [7, 11) is 0. The number of para-hydroxylation sites is 2. The minimum absolute atomic E-state index is 0.0947. The molecule has 3 aromatic rings. The smallest absolute Gasteiger partial charge is 0.337 e. The number of hydrogen-bond acceptors (Lipinski definition) is 2. The number of fused-ring (bicyclic) bond motifs is 1. The maximum atomic E-state index is 12.3. The quantitative estimate of drug-likeness (QED) is 0.775. The molecular formula is C16H14N2O3. The van der Waals surface area contributed by atoms with Gasteiger partial charge in [0, 0.05) is 0 Å². The average molecular weight is 282 g/mol. The number of hydrogen-bond donors (Lipinski definition) is 2. The molecule has 106 valence electrons. The van der Waals surface area contributed by atoms with Gasteiger partial charge in [-0.2, -0.15) is 0 Å². The maximum Gasteiger partial charge on any atom is 0.337 e. The van der Waals surface area contributed by atoms with Crippen LogP contribution in [0, 0.1) is 0 Å². The van der Waals surface area contributed by atoms with Crippen molar-refractivity contribution in [1.82, 2.24) is 9.55 Å². The van der Waals surface area contributed by atoms with Crippen LogP contribution in [-0.2, 0) is 6.42 Å². The third-order valence-electron chi connectivity index (χ3n) is 3.56. The highest BCUT2D eigenvalue weighted by Crippen LogP contribution is 2.21. The first kappa shape index (κ1) is 13.2. The van der Waals surface area contributed by atoms with Crippen molar-refractivity contribution in [1.29, 1.82) is 0 Å². The van der Waals surface area contributed by atoms with E-state index in [1.165, 1.54) is 10.6 Å². The van der Waals surface area contributed by atoms with Gasteiger partial charge in [-0.3, -0.25) is 4.57 Å². The van der Waals surface area contributed by atoms with Crippen molar-refractivity contribution in [3.05, 3.63) is 64.1 Å². The van der Waals surface area contributed by atoms with E-state index in [9.17, 15) is 14.7 Å². The van der Waals surface area contributed by atoms with Crippen LogP contribution < -0.4 is 5.69 Å². The minimum Gasteiger partial charge on any atom is -0.478 e. The van der Waals surface area contributed by atoms with Gasteiger partial charge in [-0.1, -0.05) is 31.2 Å². The van der Waals surface area contributed by atoms with Crippen LogP contribution in [0.4, 0.5) is 0 Å². The molecule has 0 aliphatic heterocycles. The number of benzene rings is 2. The Bertz CT molecular complexity index is 890. The van der Waals surface area contributed by atoms with E-state index in [2.05, 4.69) is 4.98 Å². The number of aromatic amines is 1. The number of imidazole rings is 1. The Morgan fingerprint density at radius 3 is 2.67 bits per heavy atom. The molecule has 0 spiro atoms. The molecule has 0 amide bonds. The van der Waals surface area contributed by atoms with Crippen LogP contribution >= 0.6 is 0 Å². The molecule has 0 aliphatic rings. The van der Waals surface area contributed by atoms with Crippen LogP contribution in [0.15, 0.2) is 47.3 Å². The van der Waals surface area contributed by atoms with Crippen molar-refractivity contribution in [2.75, 3.05) is 0 Å². The average Bonchev–Trinajstić information content (AvgIpc) is 2.82. The Morgan fingerprint density at radius 2 is 1.95 bits per heavy atom. The van der Waals surface area contributed by atoms with E-state index >= 15 is 0 Å². The lowest BCUT2D eigenvalue weighted by Crippen LogP contribution is -2.15. The lowest BCUT2D eigenvalue weighted by Gasteiger charge is -2.09. The van der Waals surface area contributed by atoms with Gasteiger partial charge in [-0.15, -0.1) is 0 Å². The fraction of sp³-hybridized carbons (Fsp3) is 0.125. The number of H-pyrrole nitrogens is 1. The van der Waals surface area contributed by atoms with Crippen molar-refractivity contribution >= 4 is 17.0 Å². The van der Waals surface area contributed by atoms with Crippen LogP contribution in [0.5, 0.6) is 0 Å². The first-order chi connectivity index (χ1) is 10.1.